The summed E-state index contributed by atoms with van der Waals surface area (Å²) in [7, 11) is 0. The van der Waals surface area contributed by atoms with Crippen LogP contribution in [0.25, 0.3) is 0 Å². The summed E-state index contributed by atoms with van der Waals surface area (Å²) in [6.07, 6.45) is 2.97. The first-order chi connectivity index (χ1) is 9.39. The van der Waals surface area contributed by atoms with Crippen molar-refractivity contribution in [2.45, 2.75) is 38.6 Å². The first-order valence-corrected chi connectivity index (χ1v) is 6.78. The Kier molecular flexibility index (Phi) is 3.97. The van der Waals surface area contributed by atoms with Gasteiger partial charge in [-0.1, -0.05) is 17.7 Å². The van der Waals surface area contributed by atoms with E-state index in [-0.39, 0.29) is 18.1 Å². The van der Waals surface area contributed by atoms with Crippen molar-refractivity contribution in [3.63, 3.8) is 0 Å². The van der Waals surface area contributed by atoms with Crippen LogP contribution in [0.15, 0.2) is 24.3 Å². The molecule has 5 nitrogen and oxygen atoms in total. The van der Waals surface area contributed by atoms with Gasteiger partial charge in [-0.15, -0.1) is 0 Å². The average Bonchev–Trinajstić information content (AvgIpc) is 2.35. The van der Waals surface area contributed by atoms with Crippen LogP contribution in [0.5, 0.6) is 0 Å². The van der Waals surface area contributed by atoms with Crippen LogP contribution in [0.2, 0.25) is 0 Å². The Labute approximate surface area is 118 Å². The number of nitrogens with zero attached hydrogens (tertiary/aromatic N) is 1. The number of carbonyl (C=O) groups is 2. The highest BCUT2D eigenvalue weighted by Gasteiger charge is 2.35. The Morgan fingerprint density at radius 3 is 2.35 bits per heavy atom. The molecular weight excluding hydrogens is 256 g/mol. The van der Waals surface area contributed by atoms with Gasteiger partial charge in [-0.3, -0.25) is 9.69 Å². The van der Waals surface area contributed by atoms with E-state index in [1.54, 1.807) is 12.1 Å². The second kappa shape index (κ2) is 5.53. The van der Waals surface area contributed by atoms with Crippen LogP contribution in [0, 0.1) is 6.92 Å². The Balaban J connectivity index is 2.16. The second-order valence-corrected chi connectivity index (χ2v) is 5.66. The first kappa shape index (κ1) is 14.4. The topological polar surface area (TPSA) is 69.6 Å². The lowest BCUT2D eigenvalue weighted by atomic mass is 9.79. The summed E-state index contributed by atoms with van der Waals surface area (Å²) in [6, 6.07) is 6.91. The first-order valence-electron chi connectivity index (χ1n) is 6.78. The van der Waals surface area contributed by atoms with E-state index in [9.17, 15) is 9.59 Å². The van der Waals surface area contributed by atoms with Crippen molar-refractivity contribution in [3.8, 4) is 0 Å². The maximum atomic E-state index is 12.3. The summed E-state index contributed by atoms with van der Waals surface area (Å²) in [6.45, 7) is 3.59. The van der Waals surface area contributed by atoms with Gasteiger partial charge in [0.25, 0.3) is 0 Å². The number of carboxylic acids is 1. The minimum Gasteiger partial charge on any atom is -0.480 e. The third kappa shape index (κ3) is 3.29. The van der Waals surface area contributed by atoms with Crippen molar-refractivity contribution < 1.29 is 14.7 Å². The molecule has 0 unspecified atom stereocenters. The zero-order chi connectivity index (χ0) is 14.8. The number of rotatable bonds is 4. The largest absolute Gasteiger partial charge is 0.480 e. The van der Waals surface area contributed by atoms with Gasteiger partial charge in [-0.2, -0.15) is 0 Å². The fourth-order valence-electron chi connectivity index (χ4n) is 2.30. The van der Waals surface area contributed by atoms with E-state index in [1.165, 1.54) is 4.90 Å². The number of carboxylic acid groups (broad SMARTS) is 1. The van der Waals surface area contributed by atoms with Gasteiger partial charge in [0, 0.05) is 11.2 Å². The molecule has 20 heavy (non-hydrogen) atoms. The summed E-state index contributed by atoms with van der Waals surface area (Å²) in [5.74, 6) is -1.03. The van der Waals surface area contributed by atoms with E-state index in [0.717, 1.165) is 24.8 Å². The van der Waals surface area contributed by atoms with Crippen molar-refractivity contribution in [3.05, 3.63) is 29.8 Å². The van der Waals surface area contributed by atoms with E-state index in [1.807, 2.05) is 26.0 Å². The summed E-state index contributed by atoms with van der Waals surface area (Å²) in [5.41, 5.74) is 1.47. The molecule has 1 fully saturated rings. The molecule has 1 aliphatic rings. The van der Waals surface area contributed by atoms with Gasteiger partial charge in [-0.05, 0) is 45.2 Å². The third-order valence-electron chi connectivity index (χ3n) is 3.75. The summed E-state index contributed by atoms with van der Waals surface area (Å²) in [4.78, 5) is 24.6. The Morgan fingerprint density at radius 2 is 1.90 bits per heavy atom. The molecule has 0 spiro atoms. The zero-order valence-corrected chi connectivity index (χ0v) is 11.8. The quantitative estimate of drug-likeness (QED) is 0.887. The number of anilines is 1. The highest BCUT2D eigenvalue weighted by molar-refractivity contribution is 5.96. The average molecular weight is 276 g/mol. The molecular formula is C15H20N2O3. The molecule has 108 valence electrons. The predicted octanol–water partition coefficient (Wildman–Crippen LogP) is 2.54. The molecule has 1 aromatic rings. The zero-order valence-electron chi connectivity index (χ0n) is 11.8. The number of benzene rings is 1. The maximum absolute atomic E-state index is 12.3. The number of carbonyl (C=O) groups excluding carboxylic acids is 1. The van der Waals surface area contributed by atoms with Gasteiger partial charge in [0.2, 0.25) is 0 Å². The Bertz CT molecular complexity index is 506. The monoisotopic (exact) mass is 276 g/mol. The van der Waals surface area contributed by atoms with Gasteiger partial charge < -0.3 is 10.4 Å². The number of aryl methyl sites for hydroxylation is 1. The highest BCUT2D eigenvalue weighted by atomic mass is 16.4. The summed E-state index contributed by atoms with van der Waals surface area (Å²) >= 11 is 0. The summed E-state index contributed by atoms with van der Waals surface area (Å²) in [5, 5.41) is 11.9. The van der Waals surface area contributed by atoms with E-state index < -0.39 is 5.97 Å². The third-order valence-corrected chi connectivity index (χ3v) is 3.75. The van der Waals surface area contributed by atoms with Crippen LogP contribution in [0.3, 0.4) is 0 Å². The lowest BCUT2D eigenvalue weighted by molar-refractivity contribution is -0.135. The highest BCUT2D eigenvalue weighted by Crippen LogP contribution is 2.31. The van der Waals surface area contributed by atoms with Gasteiger partial charge in [-0.25, -0.2) is 4.79 Å². The number of hydrogen-bond donors (Lipinski definition) is 2. The van der Waals surface area contributed by atoms with E-state index in [0.29, 0.717) is 5.69 Å². The van der Waals surface area contributed by atoms with Crippen LogP contribution < -0.4 is 10.2 Å². The van der Waals surface area contributed by atoms with Gasteiger partial charge in [0.15, 0.2) is 0 Å². The van der Waals surface area contributed by atoms with Crippen molar-refractivity contribution in [1.29, 1.82) is 0 Å². The van der Waals surface area contributed by atoms with Crippen molar-refractivity contribution in [2.24, 2.45) is 0 Å². The summed E-state index contributed by atoms with van der Waals surface area (Å²) < 4.78 is 0. The molecule has 2 amide bonds. The minimum absolute atomic E-state index is 0.196. The molecule has 5 heteroatoms. The lowest BCUT2D eigenvalue weighted by Crippen LogP contribution is -2.56. The fraction of sp³-hybridized carbons (Fsp3) is 0.467. The number of nitrogens with one attached hydrogen (secondary N) is 1. The molecule has 2 rings (SSSR count). The Morgan fingerprint density at radius 1 is 1.30 bits per heavy atom. The molecule has 1 saturated carbocycles. The standard InChI is InChI=1S/C15H20N2O3/c1-11-4-6-12(7-5-11)17(10-13(18)19)14(20)16-15(2)8-3-9-15/h4-7H,3,8-10H2,1-2H3,(H,16,20)(H,18,19). The lowest BCUT2D eigenvalue weighted by Gasteiger charge is -2.40. The molecule has 0 bridgehead atoms. The van der Waals surface area contributed by atoms with Crippen LogP contribution in [0.1, 0.15) is 31.7 Å². The minimum atomic E-state index is -1.03. The molecule has 1 aliphatic carbocycles. The maximum Gasteiger partial charge on any atom is 0.323 e. The van der Waals surface area contributed by atoms with Crippen molar-refractivity contribution in [1.82, 2.24) is 5.32 Å². The van der Waals surface area contributed by atoms with E-state index in [4.69, 9.17) is 5.11 Å². The normalized spacial score (nSPS) is 16.1. The molecule has 0 heterocycles. The van der Waals surface area contributed by atoms with Gasteiger partial charge in [0.1, 0.15) is 6.54 Å². The number of aliphatic carboxylic acids is 1. The molecule has 0 aromatic heterocycles. The van der Waals surface area contributed by atoms with Crippen molar-refractivity contribution >= 4 is 17.7 Å². The Hall–Kier alpha value is -2.04. The van der Waals surface area contributed by atoms with Gasteiger partial charge in [0.05, 0.1) is 0 Å². The molecule has 0 radical (unpaired) electrons. The predicted molar refractivity (Wildman–Crippen MR) is 76.9 cm³/mol. The number of hydrogen-bond acceptors (Lipinski definition) is 2. The molecule has 0 saturated heterocycles. The number of amides is 2. The van der Waals surface area contributed by atoms with Gasteiger partial charge >= 0.3 is 12.0 Å². The second-order valence-electron chi connectivity index (χ2n) is 5.66. The van der Waals surface area contributed by atoms with E-state index >= 15 is 0 Å². The number of urea groups is 1. The van der Waals surface area contributed by atoms with E-state index in [2.05, 4.69) is 5.32 Å². The molecule has 0 atom stereocenters. The fourth-order valence-corrected chi connectivity index (χ4v) is 2.30. The van der Waals surface area contributed by atoms with Crippen molar-refractivity contribution in [2.75, 3.05) is 11.4 Å². The molecule has 1 aromatic carbocycles. The van der Waals surface area contributed by atoms with Crippen LogP contribution in [-0.2, 0) is 4.79 Å². The van der Waals surface area contributed by atoms with Crippen LogP contribution in [-0.4, -0.2) is 29.2 Å². The smallest absolute Gasteiger partial charge is 0.323 e. The van der Waals surface area contributed by atoms with Crippen LogP contribution >= 0.6 is 0 Å². The SMILES string of the molecule is Cc1ccc(N(CC(=O)O)C(=O)NC2(C)CCC2)cc1. The van der Waals surface area contributed by atoms with Crippen LogP contribution in [0.4, 0.5) is 10.5 Å². The molecule has 2 N–H and O–H groups in total. The molecule has 0 aliphatic heterocycles.